The van der Waals surface area contributed by atoms with Gasteiger partial charge in [-0.2, -0.15) is 4.98 Å². The molecule has 1 fully saturated rings. The molecular weight excluding hydrogens is 284 g/mol. The van der Waals surface area contributed by atoms with Gasteiger partial charge in [0, 0.05) is 24.5 Å². The van der Waals surface area contributed by atoms with E-state index < -0.39 is 0 Å². The summed E-state index contributed by atoms with van der Waals surface area (Å²) in [4.78, 5) is 13.7. The highest BCUT2D eigenvalue weighted by molar-refractivity contribution is 7.18. The first-order chi connectivity index (χ1) is 10.2. The van der Waals surface area contributed by atoms with Crippen molar-refractivity contribution in [2.24, 2.45) is 0 Å². The number of piperidine rings is 1. The number of ether oxygens (including phenoxy) is 1. The number of hydrogen-bond donors (Lipinski definition) is 1. The van der Waals surface area contributed by atoms with Crippen LogP contribution in [0.2, 0.25) is 0 Å². The number of anilines is 1. The molecule has 5 nitrogen and oxygen atoms in total. The fourth-order valence-electron chi connectivity index (χ4n) is 2.60. The molecule has 0 aliphatic carbocycles. The van der Waals surface area contributed by atoms with Gasteiger partial charge in [0.15, 0.2) is 0 Å². The fourth-order valence-corrected chi connectivity index (χ4v) is 3.47. The van der Waals surface area contributed by atoms with E-state index in [1.807, 2.05) is 6.92 Å². The lowest BCUT2D eigenvalue weighted by molar-refractivity contribution is 0.111. The number of aromatic nitrogens is 2. The van der Waals surface area contributed by atoms with Crippen molar-refractivity contribution in [2.75, 3.05) is 32.0 Å². The summed E-state index contributed by atoms with van der Waals surface area (Å²) in [6, 6.07) is 2.13. The zero-order valence-electron chi connectivity index (χ0n) is 12.8. The average Bonchev–Trinajstić information content (AvgIpc) is 2.82. The van der Waals surface area contributed by atoms with E-state index >= 15 is 0 Å². The first-order valence-electron chi connectivity index (χ1n) is 7.53. The standard InChI is InChI=1S/C15H22N4OS/c1-4-16-15-17-13(12-9-10(2)21-14(12)18-15)20-11-5-7-19(3)8-6-11/h9,11H,4-8H2,1-3H3,(H,16,17,18). The summed E-state index contributed by atoms with van der Waals surface area (Å²) in [7, 11) is 2.16. The Morgan fingerprint density at radius 3 is 2.86 bits per heavy atom. The fraction of sp³-hybridized carbons (Fsp3) is 0.600. The Labute approximate surface area is 129 Å². The number of hydrogen-bond acceptors (Lipinski definition) is 6. The third-order valence-corrected chi connectivity index (χ3v) is 4.70. The van der Waals surface area contributed by atoms with Crippen LogP contribution in [0.15, 0.2) is 6.07 Å². The van der Waals surface area contributed by atoms with Gasteiger partial charge in [0.05, 0.1) is 5.39 Å². The molecule has 1 aliphatic rings. The predicted octanol–water partition coefficient (Wildman–Crippen LogP) is 2.90. The van der Waals surface area contributed by atoms with Crippen LogP contribution in [0, 0.1) is 6.92 Å². The molecule has 0 amide bonds. The van der Waals surface area contributed by atoms with Crippen LogP contribution < -0.4 is 10.1 Å². The summed E-state index contributed by atoms with van der Waals surface area (Å²) in [6.07, 6.45) is 2.37. The van der Waals surface area contributed by atoms with Crippen LogP contribution in [-0.4, -0.2) is 47.7 Å². The highest BCUT2D eigenvalue weighted by atomic mass is 32.1. The zero-order valence-corrected chi connectivity index (χ0v) is 13.7. The summed E-state index contributed by atoms with van der Waals surface area (Å²) in [5, 5.41) is 4.23. The molecule has 1 aliphatic heterocycles. The van der Waals surface area contributed by atoms with Crippen LogP contribution in [0.1, 0.15) is 24.6 Å². The second-order valence-corrected chi connectivity index (χ2v) is 6.81. The minimum absolute atomic E-state index is 0.258. The molecule has 21 heavy (non-hydrogen) atoms. The van der Waals surface area contributed by atoms with E-state index in [1.165, 1.54) is 4.88 Å². The van der Waals surface area contributed by atoms with Crippen molar-refractivity contribution in [3.63, 3.8) is 0 Å². The Morgan fingerprint density at radius 2 is 2.14 bits per heavy atom. The molecule has 0 bridgehead atoms. The average molecular weight is 306 g/mol. The maximum atomic E-state index is 6.21. The van der Waals surface area contributed by atoms with Gasteiger partial charge < -0.3 is 15.0 Å². The van der Waals surface area contributed by atoms with Crippen LogP contribution in [0.25, 0.3) is 10.2 Å². The summed E-state index contributed by atoms with van der Waals surface area (Å²) in [5.74, 6) is 1.39. The topological polar surface area (TPSA) is 50.3 Å². The largest absolute Gasteiger partial charge is 0.474 e. The van der Waals surface area contributed by atoms with Crippen molar-refractivity contribution in [2.45, 2.75) is 32.8 Å². The molecule has 0 spiro atoms. The predicted molar refractivity (Wildman–Crippen MR) is 87.5 cm³/mol. The van der Waals surface area contributed by atoms with Crippen molar-refractivity contribution in [1.82, 2.24) is 14.9 Å². The summed E-state index contributed by atoms with van der Waals surface area (Å²) >= 11 is 1.69. The lowest BCUT2D eigenvalue weighted by Crippen LogP contribution is -2.35. The molecule has 1 saturated heterocycles. The van der Waals surface area contributed by atoms with E-state index in [0.717, 1.165) is 48.6 Å². The quantitative estimate of drug-likeness (QED) is 0.941. The van der Waals surface area contributed by atoms with Crippen molar-refractivity contribution in [3.05, 3.63) is 10.9 Å². The molecular formula is C15H22N4OS. The van der Waals surface area contributed by atoms with E-state index in [0.29, 0.717) is 5.95 Å². The second kappa shape index (κ2) is 6.15. The van der Waals surface area contributed by atoms with Crippen LogP contribution in [0.3, 0.4) is 0 Å². The Kier molecular flexibility index (Phi) is 4.26. The molecule has 0 unspecified atom stereocenters. The minimum atomic E-state index is 0.258. The Morgan fingerprint density at radius 1 is 1.38 bits per heavy atom. The number of likely N-dealkylation sites (tertiary alicyclic amines) is 1. The monoisotopic (exact) mass is 306 g/mol. The van der Waals surface area contributed by atoms with Crippen LogP contribution in [0.5, 0.6) is 5.88 Å². The van der Waals surface area contributed by atoms with Crippen LogP contribution in [0.4, 0.5) is 5.95 Å². The molecule has 3 heterocycles. The molecule has 114 valence electrons. The number of nitrogens with one attached hydrogen (secondary N) is 1. The lowest BCUT2D eigenvalue weighted by Gasteiger charge is -2.29. The third kappa shape index (κ3) is 3.27. The van der Waals surface area contributed by atoms with Crippen molar-refractivity contribution in [1.29, 1.82) is 0 Å². The van der Waals surface area contributed by atoms with E-state index in [4.69, 9.17) is 4.74 Å². The minimum Gasteiger partial charge on any atom is -0.474 e. The van der Waals surface area contributed by atoms with Gasteiger partial charge in [-0.25, -0.2) is 4.98 Å². The molecule has 0 atom stereocenters. The Balaban J connectivity index is 1.88. The van der Waals surface area contributed by atoms with Crippen molar-refractivity contribution >= 4 is 27.5 Å². The van der Waals surface area contributed by atoms with Gasteiger partial charge in [-0.3, -0.25) is 0 Å². The summed E-state index contributed by atoms with van der Waals surface area (Å²) < 4.78 is 6.21. The number of nitrogens with zero attached hydrogens (tertiary/aromatic N) is 3. The van der Waals surface area contributed by atoms with Crippen LogP contribution in [-0.2, 0) is 0 Å². The van der Waals surface area contributed by atoms with Gasteiger partial charge in [-0.1, -0.05) is 0 Å². The zero-order chi connectivity index (χ0) is 14.8. The van der Waals surface area contributed by atoms with E-state index in [9.17, 15) is 0 Å². The number of fused-ring (bicyclic) bond motifs is 1. The number of thiophene rings is 1. The second-order valence-electron chi connectivity index (χ2n) is 5.58. The smallest absolute Gasteiger partial charge is 0.227 e. The molecule has 0 saturated carbocycles. The normalized spacial score (nSPS) is 17.3. The SMILES string of the molecule is CCNc1nc(OC2CCN(C)CC2)c2cc(C)sc2n1. The highest BCUT2D eigenvalue weighted by Crippen LogP contribution is 2.32. The van der Waals surface area contributed by atoms with Crippen molar-refractivity contribution in [3.8, 4) is 5.88 Å². The maximum Gasteiger partial charge on any atom is 0.227 e. The van der Waals surface area contributed by atoms with Gasteiger partial charge in [0.2, 0.25) is 11.8 Å². The highest BCUT2D eigenvalue weighted by Gasteiger charge is 2.21. The lowest BCUT2D eigenvalue weighted by atomic mass is 10.1. The van der Waals surface area contributed by atoms with Gasteiger partial charge in [0.25, 0.3) is 0 Å². The van der Waals surface area contributed by atoms with Gasteiger partial charge >= 0.3 is 0 Å². The molecule has 3 rings (SSSR count). The third-order valence-electron chi connectivity index (χ3n) is 3.76. The van der Waals surface area contributed by atoms with Gasteiger partial charge in [-0.15, -0.1) is 11.3 Å². The molecule has 2 aromatic rings. The molecule has 6 heteroatoms. The van der Waals surface area contributed by atoms with Gasteiger partial charge in [0.1, 0.15) is 10.9 Å². The maximum absolute atomic E-state index is 6.21. The molecule has 1 N–H and O–H groups in total. The summed E-state index contributed by atoms with van der Waals surface area (Å²) in [5.41, 5.74) is 0. The first kappa shape index (κ1) is 14.5. The molecule has 0 aromatic carbocycles. The molecule has 0 radical (unpaired) electrons. The van der Waals surface area contributed by atoms with Crippen molar-refractivity contribution < 1.29 is 4.74 Å². The van der Waals surface area contributed by atoms with E-state index in [1.54, 1.807) is 11.3 Å². The first-order valence-corrected chi connectivity index (χ1v) is 8.34. The Bertz CT molecular complexity index is 619. The number of aryl methyl sites for hydroxylation is 1. The summed E-state index contributed by atoms with van der Waals surface area (Å²) in [6.45, 7) is 7.12. The van der Waals surface area contributed by atoms with Crippen LogP contribution >= 0.6 is 11.3 Å². The Hall–Kier alpha value is -1.40. The van der Waals surface area contributed by atoms with Gasteiger partial charge in [-0.05, 0) is 39.8 Å². The number of rotatable bonds is 4. The van der Waals surface area contributed by atoms with E-state index in [2.05, 4.69) is 40.2 Å². The molecule has 2 aromatic heterocycles. The van der Waals surface area contributed by atoms with E-state index in [-0.39, 0.29) is 6.10 Å².